The summed E-state index contributed by atoms with van der Waals surface area (Å²) in [5.74, 6) is 0. The minimum absolute atomic E-state index is 0.735. The summed E-state index contributed by atoms with van der Waals surface area (Å²) in [4.78, 5) is 40.7. The Morgan fingerprint density at radius 1 is 0.376 bits per heavy atom. The summed E-state index contributed by atoms with van der Waals surface area (Å²) in [6, 6.07) is 0. The highest BCUT2D eigenvalue weighted by molar-refractivity contribution is 7.48. The zero-order valence-electron chi connectivity index (χ0n) is 48.9. The zero-order chi connectivity index (χ0) is 70.1. The second kappa shape index (κ2) is 38.8. The third kappa shape index (κ3) is 25.0. The molecule has 0 amide bonds. The second-order valence-electron chi connectivity index (χ2n) is 20.6. The van der Waals surface area contributed by atoms with Crippen molar-refractivity contribution < 1.29 is 217 Å². The average molecular weight is 1460 g/mol. The van der Waals surface area contributed by atoms with Crippen LogP contribution in [-0.4, -0.2) is 378 Å². The number of halogens is 2. The quantitative estimate of drug-likeness (QED) is 0.0199. The van der Waals surface area contributed by atoms with E-state index >= 15 is 4.39 Å². The number of nitrogens with two attached hydrogens (primary N) is 1. The summed E-state index contributed by atoms with van der Waals surface area (Å²) in [5.41, 5.74) is 4.99. The molecule has 0 aromatic rings. The maximum absolute atomic E-state index is 15.5. The van der Waals surface area contributed by atoms with Gasteiger partial charge in [0.05, 0.1) is 79.3 Å². The molecule has 552 valence electrons. The summed E-state index contributed by atoms with van der Waals surface area (Å²) in [7, 11) is -19.0. The number of rotatable bonds is 46. The van der Waals surface area contributed by atoms with Gasteiger partial charge in [-0.2, -0.15) is 0 Å². The van der Waals surface area contributed by atoms with Gasteiger partial charge in [-0.05, 0) is 0 Å². The van der Waals surface area contributed by atoms with Crippen LogP contribution < -0.4 is 5.73 Å². The van der Waals surface area contributed by atoms with E-state index in [1.54, 1.807) is 0 Å². The van der Waals surface area contributed by atoms with E-state index in [1.165, 1.54) is 0 Å². The number of hydrogen-bond acceptors (Lipinski definition) is 40. The van der Waals surface area contributed by atoms with Crippen molar-refractivity contribution in [3.05, 3.63) is 0 Å². The molecule has 93 heavy (non-hydrogen) atoms. The van der Waals surface area contributed by atoms with Gasteiger partial charge in [0, 0.05) is 14.2 Å². The number of hydrogen-bond donors (Lipinski definition) is 22. The van der Waals surface area contributed by atoms with E-state index < -0.39 is 289 Å². The Hall–Kier alpha value is -0.820. The fourth-order valence-electron chi connectivity index (χ4n) is 8.71. The van der Waals surface area contributed by atoms with Crippen LogP contribution in [0.25, 0.3) is 0 Å². The standard InChI is InChI=1S/C43H83F2NO43P4/c1-72-38-36(26(5-49)85-42(38)76-9-18(53)32(61)20(55)11-78-90(64,65)82-15-46)89-93(70,71)81-14-23(58)33(62)19(54)10-77-43-39(73-2)37(27(6-50)86-43)88-92(68,69)80-13-22(57)31(60)17(52)8-75-41-29(45)35(25(4-48)84-41)87-91(66,67)79-12-21(56)30(59)16(51)7-74-40-28(44)34(63)24(3-47)83-40/h16-43,47-63H,3-15,46H2,1-2H3,(H,64,65)(H,66,67)(H,68,69)(H,70,71)/t16?,17?,18?,19?,20?,21?,22?,23?,24-,25-,26-,27-,28?,29?,30?,31?,32?,33?,34+,35+,36+,37+,38?,39?,40-,41-,42-,43-/m1/s1. The molecule has 0 saturated carbocycles. The fraction of sp³-hybridized carbons (Fsp3) is 1.00. The molecule has 0 radical (unpaired) electrons. The van der Waals surface area contributed by atoms with E-state index in [2.05, 4.69) is 13.6 Å². The largest absolute Gasteiger partial charge is 0.473 e. The number of aliphatic hydroxyl groups excluding tert-OH is 17. The third-order valence-electron chi connectivity index (χ3n) is 13.8. The van der Waals surface area contributed by atoms with E-state index in [0.29, 0.717) is 0 Å². The Bertz CT molecular complexity index is 2360. The third-order valence-corrected chi connectivity index (χ3v) is 17.7. The van der Waals surface area contributed by atoms with Crippen LogP contribution >= 0.6 is 31.3 Å². The lowest BCUT2D eigenvalue weighted by Gasteiger charge is -2.28. The summed E-state index contributed by atoms with van der Waals surface area (Å²) < 4.78 is 170. The molecule has 32 atom stereocenters. The highest BCUT2D eigenvalue weighted by atomic mass is 31.2. The van der Waals surface area contributed by atoms with Gasteiger partial charge in [0.15, 0.2) is 37.5 Å². The smallest absolute Gasteiger partial charge is 0.394 e. The molecule has 0 spiro atoms. The number of ether oxygens (including phenoxy) is 10. The molecule has 4 rings (SSSR count). The molecule has 4 saturated heterocycles. The fourth-order valence-corrected chi connectivity index (χ4v) is 12.2. The van der Waals surface area contributed by atoms with Crippen LogP contribution in [0.4, 0.5) is 8.78 Å². The first kappa shape index (κ1) is 84.6. The van der Waals surface area contributed by atoms with Gasteiger partial charge in [0.1, 0.15) is 141 Å². The molecule has 4 fully saturated rings. The number of aliphatic hydroxyl groups is 17. The molecule has 0 aromatic carbocycles. The Morgan fingerprint density at radius 3 is 0.935 bits per heavy atom. The van der Waals surface area contributed by atoms with Crippen molar-refractivity contribution in [2.45, 2.75) is 172 Å². The number of phosphoric acid groups is 4. The molecule has 0 aromatic heterocycles. The predicted octanol–water partition coefficient (Wildman–Crippen LogP) is -11.1. The minimum atomic E-state index is -5.48. The highest BCUT2D eigenvalue weighted by Crippen LogP contribution is 2.51. The van der Waals surface area contributed by atoms with Crippen LogP contribution in [0.2, 0.25) is 0 Å². The molecular formula is C43H83F2NO43P4. The summed E-state index contributed by atoms with van der Waals surface area (Å²) in [6.45, 7) is -13.5. The minimum Gasteiger partial charge on any atom is -0.394 e. The van der Waals surface area contributed by atoms with E-state index in [9.17, 15) is 124 Å². The van der Waals surface area contributed by atoms with Crippen molar-refractivity contribution in [3.8, 4) is 0 Å². The zero-order valence-corrected chi connectivity index (χ0v) is 52.4. The molecule has 23 N–H and O–H groups in total. The van der Waals surface area contributed by atoms with Crippen LogP contribution in [0.5, 0.6) is 0 Å². The first-order valence-electron chi connectivity index (χ1n) is 27.4. The molecule has 44 nitrogen and oxygen atoms in total. The van der Waals surface area contributed by atoms with Gasteiger partial charge >= 0.3 is 31.3 Å². The van der Waals surface area contributed by atoms with Gasteiger partial charge in [0.2, 0.25) is 0 Å². The first-order chi connectivity index (χ1) is 43.4. The molecule has 0 bridgehead atoms. The Kier molecular flexibility index (Phi) is 35.3. The van der Waals surface area contributed by atoms with E-state index in [0.717, 1.165) is 14.2 Å². The van der Waals surface area contributed by atoms with Gasteiger partial charge in [-0.15, -0.1) is 0 Å². The van der Waals surface area contributed by atoms with E-state index in [1.807, 2.05) is 0 Å². The van der Waals surface area contributed by atoms with Crippen molar-refractivity contribution in [2.24, 2.45) is 5.73 Å². The van der Waals surface area contributed by atoms with Crippen molar-refractivity contribution in [1.82, 2.24) is 0 Å². The number of phosphoric ester groups is 4. The number of alkyl halides is 2. The van der Waals surface area contributed by atoms with Crippen LogP contribution in [0, 0.1) is 0 Å². The molecule has 4 aliphatic rings. The van der Waals surface area contributed by atoms with Crippen LogP contribution in [0.1, 0.15) is 0 Å². The lowest BCUT2D eigenvalue weighted by atomic mass is 10.1. The monoisotopic (exact) mass is 1460 g/mol. The van der Waals surface area contributed by atoms with Crippen LogP contribution in [0.15, 0.2) is 0 Å². The molecule has 50 heteroatoms. The second-order valence-corrected chi connectivity index (χ2v) is 26.3. The lowest BCUT2D eigenvalue weighted by Crippen LogP contribution is -2.44. The normalized spacial score (nSPS) is 35.1. The summed E-state index contributed by atoms with van der Waals surface area (Å²) in [5, 5.41) is 173. The predicted molar refractivity (Wildman–Crippen MR) is 284 cm³/mol. The Labute approximate surface area is 525 Å². The van der Waals surface area contributed by atoms with Crippen molar-refractivity contribution in [3.63, 3.8) is 0 Å². The van der Waals surface area contributed by atoms with Gasteiger partial charge in [-0.3, -0.25) is 36.2 Å². The van der Waals surface area contributed by atoms with Gasteiger partial charge in [-0.25, -0.2) is 27.0 Å². The maximum Gasteiger partial charge on any atom is 0.473 e. The van der Waals surface area contributed by atoms with Crippen LogP contribution in [-0.2, 0) is 102 Å². The number of methoxy groups -OCH3 is 2. The highest BCUT2D eigenvalue weighted by Gasteiger charge is 2.54. The maximum atomic E-state index is 15.5. The van der Waals surface area contributed by atoms with Crippen LogP contribution in [0.3, 0.4) is 0 Å². The molecule has 4 heterocycles. The SMILES string of the molecule is COC1[C@H](OCC(O)C(O)C(O)COP(=O)(O)O[C@@H]2C(OC)[C@H](OCC(O)C(O)C(O)COP(=O)(O)OCN)O[C@@H]2CO)O[C@H](CO)[C@@H]1OP(=O)(O)OCC(O)C(O)C(O)CO[C@@H]1O[C@H](CO)[C@H](OP(=O)(O)OCC(O)C(O)C(O)CO[C@@H]2O[C@H](CO)[C@H](O)C2F)C1F. The van der Waals surface area contributed by atoms with E-state index in [-0.39, 0.29) is 0 Å². The summed E-state index contributed by atoms with van der Waals surface area (Å²) >= 11 is 0. The van der Waals surface area contributed by atoms with Gasteiger partial charge in [0.25, 0.3) is 0 Å². The van der Waals surface area contributed by atoms with Crippen molar-refractivity contribution >= 4 is 31.3 Å². The van der Waals surface area contributed by atoms with Gasteiger partial charge < -0.3 is 159 Å². The first-order valence-corrected chi connectivity index (χ1v) is 33.4. The van der Waals surface area contributed by atoms with Gasteiger partial charge in [-0.1, -0.05) is 0 Å². The Morgan fingerprint density at radius 2 is 0.634 bits per heavy atom. The van der Waals surface area contributed by atoms with E-state index in [4.69, 9.17) is 80.8 Å². The van der Waals surface area contributed by atoms with Crippen molar-refractivity contribution in [1.29, 1.82) is 0 Å². The topological polar surface area (TPSA) is 685 Å². The lowest BCUT2D eigenvalue weighted by molar-refractivity contribution is -0.198. The summed E-state index contributed by atoms with van der Waals surface area (Å²) in [6.07, 6.45) is -55.2. The molecule has 4 aliphatic heterocycles. The Balaban J connectivity index is 1.20. The molecule has 0 aliphatic carbocycles. The molecule has 20 unspecified atom stereocenters. The molecular weight excluding hydrogens is 1380 g/mol. The van der Waals surface area contributed by atoms with Crippen molar-refractivity contribution in [2.75, 3.05) is 100 Å². The average Bonchev–Trinajstić information content (AvgIpc) is 1.70.